The van der Waals surface area contributed by atoms with Crippen LogP contribution in [0.1, 0.15) is 83.3 Å². The van der Waals surface area contributed by atoms with Crippen LogP contribution in [0.3, 0.4) is 0 Å². The molecule has 3 aliphatic heterocycles. The Bertz CT molecular complexity index is 2050. The predicted molar refractivity (Wildman–Crippen MR) is 205 cm³/mol. The number of hydrogen-bond donors (Lipinski definition) is 3. The maximum Gasteiger partial charge on any atom is 0.410 e. The number of benzene rings is 1. The summed E-state index contributed by atoms with van der Waals surface area (Å²) in [6.07, 6.45) is 4.17. The molecule has 4 aliphatic rings. The number of fused-ring (bicyclic) bond motifs is 3. The summed E-state index contributed by atoms with van der Waals surface area (Å²) in [4.78, 5) is 71.3. The summed E-state index contributed by atoms with van der Waals surface area (Å²) in [5.74, 6) is -3.47. The van der Waals surface area contributed by atoms with Crippen LogP contribution in [0.2, 0.25) is 8.67 Å². The number of ether oxygens (including phenoxy) is 2. The third-order valence-electron chi connectivity index (χ3n) is 10.8. The Kier molecular flexibility index (Phi) is 12.3. The van der Waals surface area contributed by atoms with Crippen molar-refractivity contribution in [2.45, 2.75) is 119 Å². The van der Waals surface area contributed by atoms with Crippen LogP contribution in [0.25, 0.3) is 0 Å². The van der Waals surface area contributed by atoms with E-state index in [1.54, 1.807) is 32.1 Å². The molecule has 1 aromatic heterocycles. The van der Waals surface area contributed by atoms with Gasteiger partial charge in [0.05, 0.1) is 17.4 Å². The number of carbonyl (C=O) groups is 5. The Labute approximate surface area is 338 Å². The van der Waals surface area contributed by atoms with Crippen LogP contribution >= 0.6 is 34.5 Å². The predicted octanol–water partition coefficient (Wildman–Crippen LogP) is 5.80. The maximum atomic E-state index is 14.5. The molecule has 5 atom stereocenters. The number of hydrogen-bond acceptors (Lipinski definition) is 10. The van der Waals surface area contributed by atoms with Gasteiger partial charge in [-0.05, 0) is 63.6 Å². The molecular formula is C37H44Cl2FN5O9S2. The number of rotatable bonds is 7. The molecule has 1 saturated heterocycles. The Morgan fingerprint density at radius 1 is 1.14 bits per heavy atom. The van der Waals surface area contributed by atoms with E-state index in [9.17, 15) is 36.8 Å². The highest BCUT2D eigenvalue weighted by molar-refractivity contribution is 7.90. The van der Waals surface area contributed by atoms with E-state index in [-0.39, 0.29) is 47.6 Å². The van der Waals surface area contributed by atoms with E-state index in [1.165, 1.54) is 15.9 Å². The molecule has 6 rings (SSSR count). The van der Waals surface area contributed by atoms with Crippen molar-refractivity contribution in [2.75, 3.05) is 6.54 Å². The number of sulfonamides is 1. The first kappa shape index (κ1) is 41.7. The van der Waals surface area contributed by atoms with E-state index in [0.717, 1.165) is 17.4 Å². The van der Waals surface area contributed by atoms with Crippen LogP contribution in [0.5, 0.6) is 0 Å². The molecule has 1 aliphatic carbocycles. The highest BCUT2D eigenvalue weighted by atomic mass is 35.5. The smallest absolute Gasteiger partial charge is 0.410 e. The van der Waals surface area contributed by atoms with Gasteiger partial charge in [0.2, 0.25) is 11.8 Å². The second kappa shape index (κ2) is 16.5. The zero-order valence-corrected chi connectivity index (χ0v) is 34.2. The van der Waals surface area contributed by atoms with E-state index in [4.69, 9.17) is 32.7 Å². The number of nitrogens with zero attached hydrogens (tertiary/aromatic N) is 2. The van der Waals surface area contributed by atoms with Crippen LogP contribution in [0.4, 0.5) is 14.0 Å². The molecule has 0 bridgehead atoms. The van der Waals surface area contributed by atoms with Gasteiger partial charge in [0.25, 0.3) is 15.9 Å². The molecule has 2 aromatic rings. The summed E-state index contributed by atoms with van der Waals surface area (Å²) in [6.45, 7) is 5.16. The number of nitrogens with one attached hydrogen (secondary N) is 3. The van der Waals surface area contributed by atoms with Crippen molar-refractivity contribution in [3.05, 3.63) is 62.0 Å². The molecule has 1 aromatic carbocycles. The molecule has 56 heavy (non-hydrogen) atoms. The normalized spacial score (nSPS) is 26.1. The van der Waals surface area contributed by atoms with Crippen LogP contribution < -0.4 is 15.4 Å². The van der Waals surface area contributed by atoms with Gasteiger partial charge >= 0.3 is 12.2 Å². The van der Waals surface area contributed by atoms with Gasteiger partial charge in [-0.3, -0.25) is 19.3 Å². The van der Waals surface area contributed by atoms with Crippen molar-refractivity contribution in [3.63, 3.8) is 0 Å². The third-order valence-corrected chi connectivity index (χ3v) is 13.8. The van der Waals surface area contributed by atoms with Crippen LogP contribution in [0, 0.1) is 11.7 Å². The summed E-state index contributed by atoms with van der Waals surface area (Å²) in [7, 11) is -4.51. The number of amides is 5. The van der Waals surface area contributed by atoms with Crippen LogP contribution in [-0.4, -0.2) is 84.0 Å². The van der Waals surface area contributed by atoms with Crippen molar-refractivity contribution in [1.82, 2.24) is 25.2 Å². The van der Waals surface area contributed by atoms with Gasteiger partial charge < -0.3 is 25.0 Å². The van der Waals surface area contributed by atoms with E-state index in [0.29, 0.717) is 43.2 Å². The fraction of sp³-hybridized carbons (Fsp3) is 0.541. The van der Waals surface area contributed by atoms with Crippen molar-refractivity contribution >= 4 is 74.5 Å². The molecule has 5 amide bonds. The Morgan fingerprint density at radius 2 is 1.91 bits per heavy atom. The van der Waals surface area contributed by atoms with E-state index in [2.05, 4.69) is 10.6 Å². The number of carbonyl (C=O) groups excluding carboxylic acids is 5. The lowest BCUT2D eigenvalue weighted by Crippen LogP contribution is -2.58. The zero-order valence-electron chi connectivity index (χ0n) is 31.1. The number of alkyl carbamates (subject to hydrolysis) is 1. The molecule has 0 unspecified atom stereocenters. The lowest BCUT2D eigenvalue weighted by atomic mass is 10.0. The molecule has 1 saturated carbocycles. The van der Waals surface area contributed by atoms with Crippen molar-refractivity contribution in [3.8, 4) is 0 Å². The number of halogens is 3. The van der Waals surface area contributed by atoms with Gasteiger partial charge in [0.15, 0.2) is 0 Å². The number of allylic oxidation sites excluding steroid dienone is 1. The summed E-state index contributed by atoms with van der Waals surface area (Å²) in [6, 6.07) is 3.26. The molecule has 2 fully saturated rings. The molecule has 4 heterocycles. The summed E-state index contributed by atoms with van der Waals surface area (Å²) in [5.41, 5.74) is -1.54. The van der Waals surface area contributed by atoms with Crippen LogP contribution in [0.15, 0.2) is 41.3 Å². The third kappa shape index (κ3) is 9.11. The van der Waals surface area contributed by atoms with Crippen molar-refractivity contribution < 1.29 is 46.3 Å². The first-order valence-electron chi connectivity index (χ1n) is 18.5. The first-order valence-corrected chi connectivity index (χ1v) is 21.5. The molecule has 14 nitrogen and oxygen atoms in total. The van der Waals surface area contributed by atoms with Gasteiger partial charge in [0, 0.05) is 24.4 Å². The van der Waals surface area contributed by atoms with Gasteiger partial charge in [0.1, 0.15) is 44.4 Å². The van der Waals surface area contributed by atoms with Crippen molar-refractivity contribution in [1.29, 1.82) is 0 Å². The first-order chi connectivity index (χ1) is 26.4. The standard InChI is InChI=1S/C37H44Cl2FN5O9S2/c1-4-36(2,3)54-34(49)41-26-14-9-7-5-6-8-12-22-17-37(22,33(48)43-56(51,52)28-16-29(38)55-30(28)39)42-31(46)27-15-23(19-45(27)32(26)47)53-35(50)44-18-21-11-10-13-25(40)24(21)20-44/h8,10-13,16,22-23,26-27H,4-7,9,14-15,17-20H2,1-3H3,(H,41,49)(H,42,46)(H,43,48)/b12-8-/t22-,23+,26-,27-,37+/m0/s1. The average molecular weight is 857 g/mol. The molecule has 3 N–H and O–H groups in total. The summed E-state index contributed by atoms with van der Waals surface area (Å²) >= 11 is 12.9. The lowest BCUT2D eigenvalue weighted by molar-refractivity contribution is -0.141. The fourth-order valence-electron chi connectivity index (χ4n) is 7.16. The molecular weight excluding hydrogens is 812 g/mol. The molecule has 0 radical (unpaired) electrons. The highest BCUT2D eigenvalue weighted by Gasteiger charge is 2.62. The van der Waals surface area contributed by atoms with Gasteiger partial charge in [-0.15, -0.1) is 11.3 Å². The summed E-state index contributed by atoms with van der Waals surface area (Å²) < 4.78 is 54.4. The molecule has 0 spiro atoms. The summed E-state index contributed by atoms with van der Waals surface area (Å²) in [5, 5.41) is 5.43. The average Bonchev–Trinajstić information content (AvgIpc) is 3.43. The second-order valence-corrected chi connectivity index (χ2v) is 19.1. The van der Waals surface area contributed by atoms with Gasteiger partial charge in [-0.25, -0.2) is 27.1 Å². The maximum absolute atomic E-state index is 14.5. The largest absolute Gasteiger partial charge is 0.444 e. The molecule has 304 valence electrons. The Balaban J connectivity index is 1.27. The Hall–Kier alpha value is -3.93. The minimum atomic E-state index is -4.51. The van der Waals surface area contributed by atoms with E-state index in [1.807, 2.05) is 17.7 Å². The topological polar surface area (TPSA) is 181 Å². The van der Waals surface area contributed by atoms with Gasteiger partial charge in [-0.1, -0.05) is 67.3 Å². The molecule has 19 heteroatoms. The van der Waals surface area contributed by atoms with E-state index >= 15 is 0 Å². The minimum Gasteiger partial charge on any atom is -0.444 e. The van der Waals surface area contributed by atoms with Crippen LogP contribution in [-0.2, 0) is 47.0 Å². The Morgan fingerprint density at radius 3 is 2.61 bits per heavy atom. The fourth-order valence-corrected chi connectivity index (χ4v) is 10.4. The van der Waals surface area contributed by atoms with Gasteiger partial charge in [-0.2, -0.15) is 0 Å². The second-order valence-electron chi connectivity index (χ2n) is 15.1. The quantitative estimate of drug-likeness (QED) is 0.290. The SMILES string of the molecule is CCC(C)(C)OC(=O)N[C@H]1CCCCC/C=C\[C@H]2C[C@@]2(C(=O)NS(=O)(=O)c2cc(Cl)sc2Cl)NC(=O)[C@@H]2C[C@@H](OC(=O)N3Cc4cccc(F)c4C3)CN2C1=O. The number of thiophene rings is 1. The monoisotopic (exact) mass is 855 g/mol. The lowest BCUT2D eigenvalue weighted by Gasteiger charge is -2.30. The van der Waals surface area contributed by atoms with E-state index < -0.39 is 85.9 Å². The highest BCUT2D eigenvalue weighted by Crippen LogP contribution is 2.46. The zero-order chi connectivity index (χ0) is 40.6. The van der Waals surface area contributed by atoms with Crippen molar-refractivity contribution in [2.24, 2.45) is 5.92 Å². The minimum absolute atomic E-state index is 0.0272.